The molecule has 3 heteroatoms. The molecule has 0 atom stereocenters. The molecule has 11 heavy (non-hydrogen) atoms. The van der Waals surface area contributed by atoms with Crippen LogP contribution in [0.25, 0.3) is 0 Å². The summed E-state index contributed by atoms with van der Waals surface area (Å²) < 4.78 is 0. The zero-order valence-corrected chi connectivity index (χ0v) is 7.24. The molecule has 0 aliphatic heterocycles. The van der Waals surface area contributed by atoms with Crippen LogP contribution in [0.2, 0.25) is 0 Å². The lowest BCUT2D eigenvalue weighted by Gasteiger charge is -1.99. The smallest absolute Gasteiger partial charge is 0.106 e. The van der Waals surface area contributed by atoms with Crippen LogP contribution in [0, 0.1) is 11.3 Å². The first kappa shape index (κ1) is 8.09. The fraction of sp³-hybridized carbons (Fsp3) is 0.375. The minimum atomic E-state index is 0.753. The molecule has 0 fully saturated rings. The third kappa shape index (κ3) is 1.95. The van der Waals surface area contributed by atoms with E-state index in [1.807, 2.05) is 11.4 Å². The maximum Gasteiger partial charge on any atom is 0.106 e. The number of anilines is 1. The Bertz CT molecular complexity index is 259. The molecule has 0 saturated heterocycles. The lowest BCUT2D eigenvalue weighted by atomic mass is 10.3. The second kappa shape index (κ2) is 3.99. The third-order valence-corrected chi connectivity index (χ3v) is 2.19. The van der Waals surface area contributed by atoms with Gasteiger partial charge in [-0.05, 0) is 17.9 Å². The highest BCUT2D eigenvalue weighted by atomic mass is 32.1. The molecular weight excluding hydrogens is 156 g/mol. The Morgan fingerprint density at radius 2 is 2.55 bits per heavy atom. The fourth-order valence-electron chi connectivity index (χ4n) is 0.773. The van der Waals surface area contributed by atoms with Crippen molar-refractivity contribution < 1.29 is 0 Å². The molecule has 1 N–H and O–H groups in total. The van der Waals surface area contributed by atoms with Crippen LogP contribution in [0.5, 0.6) is 0 Å². The van der Waals surface area contributed by atoms with Crippen molar-refractivity contribution in [1.29, 1.82) is 5.26 Å². The van der Waals surface area contributed by atoms with Crippen molar-refractivity contribution in [1.82, 2.24) is 0 Å². The summed E-state index contributed by atoms with van der Waals surface area (Å²) in [6, 6.07) is 3.97. The monoisotopic (exact) mass is 166 g/mol. The van der Waals surface area contributed by atoms with Gasteiger partial charge in [0.05, 0.1) is 5.56 Å². The van der Waals surface area contributed by atoms with E-state index in [9.17, 15) is 0 Å². The van der Waals surface area contributed by atoms with Gasteiger partial charge in [-0.1, -0.05) is 6.92 Å². The molecule has 1 rings (SSSR count). The summed E-state index contributed by atoms with van der Waals surface area (Å²) in [6.45, 7) is 3.04. The molecule has 0 unspecified atom stereocenters. The molecule has 0 aliphatic rings. The van der Waals surface area contributed by atoms with Crippen molar-refractivity contribution in [3.8, 4) is 6.07 Å². The highest BCUT2D eigenvalue weighted by Crippen LogP contribution is 2.21. The first-order valence-corrected chi connectivity index (χ1v) is 4.48. The van der Waals surface area contributed by atoms with Crippen LogP contribution in [0.15, 0.2) is 11.4 Å². The average Bonchev–Trinajstić information content (AvgIpc) is 2.47. The van der Waals surface area contributed by atoms with Gasteiger partial charge >= 0.3 is 0 Å². The van der Waals surface area contributed by atoms with Gasteiger partial charge in [0.15, 0.2) is 0 Å². The van der Waals surface area contributed by atoms with Crippen molar-refractivity contribution >= 4 is 16.3 Å². The quantitative estimate of drug-likeness (QED) is 0.748. The van der Waals surface area contributed by atoms with E-state index in [0.29, 0.717) is 0 Å². The highest BCUT2D eigenvalue weighted by molar-refractivity contribution is 7.14. The number of nitrogens with zero attached hydrogens (tertiary/aromatic N) is 1. The summed E-state index contributed by atoms with van der Waals surface area (Å²) in [5.41, 5.74) is 0.753. The molecule has 1 aromatic rings. The molecule has 2 nitrogen and oxygen atoms in total. The Kier molecular flexibility index (Phi) is 2.94. The molecule has 0 amide bonds. The number of hydrogen-bond donors (Lipinski definition) is 1. The summed E-state index contributed by atoms with van der Waals surface area (Å²) in [4.78, 5) is 0. The second-order valence-corrected chi connectivity index (χ2v) is 3.12. The maximum absolute atomic E-state index is 8.62. The Labute approximate surface area is 70.5 Å². The predicted octanol–water partition coefficient (Wildman–Crippen LogP) is 2.44. The SMILES string of the molecule is CCCNc1sccc1C#N. The van der Waals surface area contributed by atoms with E-state index in [2.05, 4.69) is 18.3 Å². The van der Waals surface area contributed by atoms with E-state index in [0.717, 1.165) is 23.5 Å². The van der Waals surface area contributed by atoms with E-state index in [1.165, 1.54) is 0 Å². The maximum atomic E-state index is 8.62. The molecule has 0 saturated carbocycles. The van der Waals surface area contributed by atoms with Crippen molar-refractivity contribution in [2.45, 2.75) is 13.3 Å². The Morgan fingerprint density at radius 1 is 1.73 bits per heavy atom. The summed E-state index contributed by atoms with van der Waals surface area (Å²) in [6.07, 6.45) is 1.09. The van der Waals surface area contributed by atoms with Gasteiger partial charge in [0.25, 0.3) is 0 Å². The van der Waals surface area contributed by atoms with Crippen LogP contribution in [-0.2, 0) is 0 Å². The van der Waals surface area contributed by atoms with Crippen molar-refractivity contribution in [2.24, 2.45) is 0 Å². The van der Waals surface area contributed by atoms with Gasteiger partial charge in [0.2, 0.25) is 0 Å². The van der Waals surface area contributed by atoms with Crippen molar-refractivity contribution in [3.05, 3.63) is 17.0 Å². The van der Waals surface area contributed by atoms with Crippen molar-refractivity contribution in [3.63, 3.8) is 0 Å². The van der Waals surface area contributed by atoms with Gasteiger partial charge in [-0.3, -0.25) is 0 Å². The average molecular weight is 166 g/mol. The number of nitriles is 1. The Balaban J connectivity index is 2.63. The molecule has 0 radical (unpaired) electrons. The summed E-state index contributed by atoms with van der Waals surface area (Å²) >= 11 is 1.58. The minimum Gasteiger partial charge on any atom is -0.376 e. The zero-order chi connectivity index (χ0) is 8.10. The molecule has 0 aliphatic carbocycles. The summed E-state index contributed by atoms with van der Waals surface area (Å²) in [7, 11) is 0. The van der Waals surface area contributed by atoms with E-state index < -0.39 is 0 Å². The largest absolute Gasteiger partial charge is 0.376 e. The van der Waals surface area contributed by atoms with E-state index in [1.54, 1.807) is 11.3 Å². The van der Waals surface area contributed by atoms with E-state index in [4.69, 9.17) is 5.26 Å². The van der Waals surface area contributed by atoms with E-state index >= 15 is 0 Å². The molecule has 58 valence electrons. The van der Waals surface area contributed by atoms with Crippen molar-refractivity contribution in [2.75, 3.05) is 11.9 Å². The van der Waals surface area contributed by atoms with Crippen LogP contribution in [0.3, 0.4) is 0 Å². The van der Waals surface area contributed by atoms with Crippen LogP contribution in [-0.4, -0.2) is 6.54 Å². The number of thiophene rings is 1. The van der Waals surface area contributed by atoms with Gasteiger partial charge in [-0.15, -0.1) is 11.3 Å². The van der Waals surface area contributed by atoms with Crippen LogP contribution in [0.4, 0.5) is 5.00 Å². The molecule has 0 bridgehead atoms. The topological polar surface area (TPSA) is 35.8 Å². The number of nitrogens with one attached hydrogen (secondary N) is 1. The summed E-state index contributed by atoms with van der Waals surface area (Å²) in [5, 5.41) is 14.7. The normalized spacial score (nSPS) is 9.09. The van der Waals surface area contributed by atoms with Gasteiger partial charge in [0, 0.05) is 6.54 Å². The number of hydrogen-bond acceptors (Lipinski definition) is 3. The fourth-order valence-corrected chi connectivity index (χ4v) is 1.54. The second-order valence-electron chi connectivity index (χ2n) is 2.20. The molecule has 0 spiro atoms. The standard InChI is InChI=1S/C8H10N2S/c1-2-4-10-8-7(6-9)3-5-11-8/h3,5,10H,2,4H2,1H3. The van der Waals surface area contributed by atoms with Crippen LogP contribution >= 0.6 is 11.3 Å². The Hall–Kier alpha value is -1.01. The van der Waals surface area contributed by atoms with Gasteiger partial charge in [0.1, 0.15) is 11.1 Å². The third-order valence-electron chi connectivity index (χ3n) is 1.32. The number of rotatable bonds is 3. The Morgan fingerprint density at radius 3 is 3.18 bits per heavy atom. The molecule has 1 aromatic heterocycles. The lowest BCUT2D eigenvalue weighted by molar-refractivity contribution is 0.983. The zero-order valence-electron chi connectivity index (χ0n) is 6.42. The first-order chi connectivity index (χ1) is 5.38. The van der Waals surface area contributed by atoms with Crippen LogP contribution in [0.1, 0.15) is 18.9 Å². The first-order valence-electron chi connectivity index (χ1n) is 3.60. The predicted molar refractivity (Wildman–Crippen MR) is 47.8 cm³/mol. The van der Waals surface area contributed by atoms with Gasteiger partial charge in [-0.2, -0.15) is 5.26 Å². The molecule has 1 heterocycles. The highest BCUT2D eigenvalue weighted by Gasteiger charge is 1.99. The summed E-state index contributed by atoms with van der Waals surface area (Å²) in [5.74, 6) is 0. The lowest BCUT2D eigenvalue weighted by Crippen LogP contribution is -1.98. The van der Waals surface area contributed by atoms with Crippen LogP contribution < -0.4 is 5.32 Å². The molecular formula is C8H10N2S. The minimum absolute atomic E-state index is 0.753. The van der Waals surface area contributed by atoms with Gasteiger partial charge in [-0.25, -0.2) is 0 Å². The van der Waals surface area contributed by atoms with Gasteiger partial charge < -0.3 is 5.32 Å². The molecule has 0 aromatic carbocycles. The van der Waals surface area contributed by atoms with E-state index in [-0.39, 0.29) is 0 Å².